The fourth-order valence-electron chi connectivity index (χ4n) is 3.17. The maximum atomic E-state index is 13.4. The second-order valence-electron chi connectivity index (χ2n) is 7.20. The number of carbonyl (C=O) groups is 2. The monoisotopic (exact) mass is 495 g/mol. The highest BCUT2D eigenvalue weighted by Gasteiger charge is 2.17. The summed E-state index contributed by atoms with van der Waals surface area (Å²) in [6, 6.07) is 20.3. The van der Waals surface area contributed by atoms with Crippen molar-refractivity contribution in [1.82, 2.24) is 14.8 Å². The van der Waals surface area contributed by atoms with E-state index in [0.717, 1.165) is 5.69 Å². The van der Waals surface area contributed by atoms with Crippen LogP contribution in [0.5, 0.6) is 0 Å². The molecule has 0 spiro atoms. The van der Waals surface area contributed by atoms with Crippen LogP contribution in [0.15, 0.2) is 78.0 Å². The number of aromatic nitrogens is 3. The summed E-state index contributed by atoms with van der Waals surface area (Å²) < 4.78 is 15.2. The molecule has 0 aliphatic carbocycles. The summed E-state index contributed by atoms with van der Waals surface area (Å²) in [6.45, 7) is 1.39. The molecule has 34 heavy (non-hydrogen) atoms. The van der Waals surface area contributed by atoms with Gasteiger partial charge in [-0.15, -0.1) is 10.2 Å². The first-order valence-electron chi connectivity index (χ1n) is 10.2. The highest BCUT2D eigenvalue weighted by atomic mass is 35.5. The molecule has 4 rings (SSSR count). The first kappa shape index (κ1) is 23.5. The minimum Gasteiger partial charge on any atom is -0.325 e. The first-order valence-corrected chi connectivity index (χ1v) is 11.5. The fourth-order valence-corrected chi connectivity index (χ4v) is 4.15. The van der Waals surface area contributed by atoms with E-state index in [4.69, 9.17) is 11.6 Å². The summed E-state index contributed by atoms with van der Waals surface area (Å²) in [5.74, 6) is -0.239. The van der Waals surface area contributed by atoms with Gasteiger partial charge in [0.1, 0.15) is 5.82 Å². The molecule has 0 aliphatic heterocycles. The van der Waals surface area contributed by atoms with Crippen molar-refractivity contribution in [2.75, 3.05) is 16.4 Å². The van der Waals surface area contributed by atoms with Crippen LogP contribution in [-0.4, -0.2) is 32.3 Å². The second kappa shape index (κ2) is 10.5. The maximum absolute atomic E-state index is 13.4. The van der Waals surface area contributed by atoms with Gasteiger partial charge in [-0.2, -0.15) is 0 Å². The average molecular weight is 496 g/mol. The lowest BCUT2D eigenvalue weighted by molar-refractivity contribution is -0.114. The van der Waals surface area contributed by atoms with E-state index in [9.17, 15) is 14.0 Å². The first-order chi connectivity index (χ1) is 16.4. The maximum Gasteiger partial charge on any atom is 0.234 e. The third-order valence-electron chi connectivity index (χ3n) is 4.65. The van der Waals surface area contributed by atoms with Crippen molar-refractivity contribution in [3.8, 4) is 17.1 Å². The Morgan fingerprint density at radius 2 is 1.74 bits per heavy atom. The summed E-state index contributed by atoms with van der Waals surface area (Å²) in [7, 11) is 0. The Balaban J connectivity index is 1.52. The van der Waals surface area contributed by atoms with Crippen LogP contribution in [0.25, 0.3) is 17.1 Å². The molecule has 0 saturated heterocycles. The number of hydrogen-bond donors (Lipinski definition) is 2. The SMILES string of the molecule is CC(=O)Nc1ccc(NC(=O)CSc2nnc(-c3ccc(F)cc3)n2-c2ccccc2)cc1Cl. The number of nitrogens with one attached hydrogen (secondary N) is 2. The summed E-state index contributed by atoms with van der Waals surface area (Å²) in [5.41, 5.74) is 2.48. The van der Waals surface area contributed by atoms with Gasteiger partial charge in [0.15, 0.2) is 11.0 Å². The number of halogens is 2. The minimum absolute atomic E-state index is 0.0689. The van der Waals surface area contributed by atoms with Crippen molar-refractivity contribution >= 4 is 46.6 Å². The lowest BCUT2D eigenvalue weighted by Crippen LogP contribution is -2.15. The van der Waals surface area contributed by atoms with Gasteiger partial charge in [-0.05, 0) is 54.6 Å². The topological polar surface area (TPSA) is 88.9 Å². The molecule has 1 heterocycles. The highest BCUT2D eigenvalue weighted by molar-refractivity contribution is 7.99. The van der Waals surface area contributed by atoms with Crippen LogP contribution in [0.4, 0.5) is 15.8 Å². The van der Waals surface area contributed by atoms with Gasteiger partial charge in [-0.25, -0.2) is 4.39 Å². The number of amides is 2. The molecule has 0 atom stereocenters. The molecule has 0 aliphatic rings. The molecular formula is C24H19ClFN5O2S. The standard InChI is InChI=1S/C24H19ClFN5O2S/c1-15(32)27-21-12-11-18(13-20(21)25)28-22(33)14-34-24-30-29-23(16-7-9-17(26)10-8-16)31(24)19-5-3-2-4-6-19/h2-13H,14H2,1H3,(H,27,32)(H,28,33). The van der Waals surface area contributed by atoms with Gasteiger partial charge in [-0.1, -0.05) is 41.6 Å². The third-order valence-corrected chi connectivity index (χ3v) is 5.89. The van der Waals surface area contributed by atoms with E-state index in [1.807, 2.05) is 34.9 Å². The largest absolute Gasteiger partial charge is 0.325 e. The number of carbonyl (C=O) groups excluding carboxylic acids is 2. The van der Waals surface area contributed by atoms with Crippen LogP contribution < -0.4 is 10.6 Å². The Bertz CT molecular complexity index is 1330. The Labute approximate surface area is 204 Å². The van der Waals surface area contributed by atoms with Crippen molar-refractivity contribution in [2.45, 2.75) is 12.1 Å². The predicted molar refractivity (Wildman–Crippen MR) is 132 cm³/mol. The van der Waals surface area contributed by atoms with Crippen molar-refractivity contribution < 1.29 is 14.0 Å². The molecule has 0 unspecified atom stereocenters. The fraction of sp³-hybridized carbons (Fsp3) is 0.0833. The van der Waals surface area contributed by atoms with Gasteiger partial charge in [-0.3, -0.25) is 14.2 Å². The van der Waals surface area contributed by atoms with E-state index in [-0.39, 0.29) is 23.4 Å². The van der Waals surface area contributed by atoms with Crippen LogP contribution in [-0.2, 0) is 9.59 Å². The molecule has 1 aromatic heterocycles. The van der Waals surface area contributed by atoms with Gasteiger partial charge < -0.3 is 10.6 Å². The molecule has 3 aromatic carbocycles. The summed E-state index contributed by atoms with van der Waals surface area (Å²) in [5, 5.41) is 14.8. The van der Waals surface area contributed by atoms with E-state index in [0.29, 0.717) is 32.9 Å². The predicted octanol–water partition coefficient (Wildman–Crippen LogP) is 5.42. The number of rotatable bonds is 7. The highest BCUT2D eigenvalue weighted by Crippen LogP contribution is 2.29. The molecule has 7 nitrogen and oxygen atoms in total. The van der Waals surface area contributed by atoms with Crippen molar-refractivity contribution in [3.63, 3.8) is 0 Å². The number of anilines is 2. The molecule has 4 aromatic rings. The minimum atomic E-state index is -0.342. The Morgan fingerprint density at radius 1 is 1.00 bits per heavy atom. The zero-order valence-electron chi connectivity index (χ0n) is 18.0. The lowest BCUT2D eigenvalue weighted by Gasteiger charge is -2.11. The quantitative estimate of drug-likeness (QED) is 0.334. The second-order valence-corrected chi connectivity index (χ2v) is 8.55. The average Bonchev–Trinajstić information content (AvgIpc) is 3.24. The van der Waals surface area contributed by atoms with E-state index in [2.05, 4.69) is 20.8 Å². The zero-order chi connectivity index (χ0) is 24.1. The molecule has 2 N–H and O–H groups in total. The normalized spacial score (nSPS) is 10.7. The van der Waals surface area contributed by atoms with E-state index < -0.39 is 0 Å². The smallest absolute Gasteiger partial charge is 0.234 e. The van der Waals surface area contributed by atoms with Crippen molar-refractivity contribution in [2.24, 2.45) is 0 Å². The van der Waals surface area contributed by atoms with Crippen molar-refractivity contribution in [3.05, 3.63) is 83.6 Å². The van der Waals surface area contributed by atoms with Gasteiger partial charge in [0.25, 0.3) is 0 Å². The van der Waals surface area contributed by atoms with E-state index in [1.54, 1.807) is 30.3 Å². The van der Waals surface area contributed by atoms with Crippen LogP contribution in [0.2, 0.25) is 5.02 Å². The number of benzene rings is 3. The zero-order valence-corrected chi connectivity index (χ0v) is 19.5. The van der Waals surface area contributed by atoms with Crippen LogP contribution >= 0.6 is 23.4 Å². The molecule has 2 amide bonds. The van der Waals surface area contributed by atoms with Gasteiger partial charge in [0.05, 0.1) is 16.5 Å². The Kier molecular flexibility index (Phi) is 7.24. The molecule has 0 radical (unpaired) electrons. The summed E-state index contributed by atoms with van der Waals surface area (Å²) >= 11 is 7.39. The van der Waals surface area contributed by atoms with E-state index >= 15 is 0 Å². The summed E-state index contributed by atoms with van der Waals surface area (Å²) in [4.78, 5) is 23.8. The van der Waals surface area contributed by atoms with Crippen LogP contribution in [0, 0.1) is 5.82 Å². The van der Waals surface area contributed by atoms with Gasteiger partial charge in [0.2, 0.25) is 11.8 Å². The van der Waals surface area contributed by atoms with Gasteiger partial charge >= 0.3 is 0 Å². The lowest BCUT2D eigenvalue weighted by atomic mass is 10.2. The molecular weight excluding hydrogens is 477 g/mol. The number of hydrogen-bond acceptors (Lipinski definition) is 5. The van der Waals surface area contributed by atoms with Gasteiger partial charge in [0, 0.05) is 23.9 Å². The molecule has 172 valence electrons. The summed E-state index contributed by atoms with van der Waals surface area (Å²) in [6.07, 6.45) is 0. The molecule has 0 bridgehead atoms. The molecule has 10 heteroatoms. The number of para-hydroxylation sites is 1. The molecule has 0 fully saturated rings. The van der Waals surface area contributed by atoms with Crippen LogP contribution in [0.1, 0.15) is 6.92 Å². The molecule has 0 saturated carbocycles. The van der Waals surface area contributed by atoms with Crippen molar-refractivity contribution in [1.29, 1.82) is 0 Å². The Hall–Kier alpha value is -3.69. The Morgan fingerprint density at radius 3 is 2.41 bits per heavy atom. The van der Waals surface area contributed by atoms with E-state index in [1.165, 1.54) is 30.8 Å². The third kappa shape index (κ3) is 5.62. The number of thioether (sulfide) groups is 1. The number of nitrogens with zero attached hydrogens (tertiary/aromatic N) is 3. The van der Waals surface area contributed by atoms with Crippen LogP contribution in [0.3, 0.4) is 0 Å².